The molecule has 0 aliphatic heterocycles. The lowest BCUT2D eigenvalue weighted by atomic mass is 10.3. The number of alkyl halides is 3. The van der Waals surface area contributed by atoms with Crippen LogP contribution in [0.2, 0.25) is 0 Å². The molecular weight excluding hydrogens is 293 g/mol. The van der Waals surface area contributed by atoms with Crippen molar-refractivity contribution in [3.05, 3.63) is 28.3 Å². The highest BCUT2D eigenvalue weighted by Gasteiger charge is 2.30. The molecule has 2 N–H and O–H groups in total. The Balaban J connectivity index is 3.09. The number of hydrogen-bond acceptors (Lipinski definition) is 5. The Morgan fingerprint density at radius 3 is 2.42 bits per heavy atom. The van der Waals surface area contributed by atoms with E-state index in [1.54, 1.807) is 0 Å². The lowest BCUT2D eigenvalue weighted by Crippen LogP contribution is -2.33. The van der Waals surface area contributed by atoms with E-state index in [0.29, 0.717) is 12.1 Å². The van der Waals surface area contributed by atoms with Crippen molar-refractivity contribution in [3.63, 3.8) is 0 Å². The molecule has 1 aromatic carbocycles. The highest BCUT2D eigenvalue weighted by molar-refractivity contribution is 7.89. The molecule has 0 unspecified atom stereocenters. The Bertz CT molecular complexity index is 599. The number of aromatic hydroxyl groups is 1. The third kappa shape index (κ3) is 4.06. The van der Waals surface area contributed by atoms with Gasteiger partial charge in [0.2, 0.25) is 10.0 Å². The number of hydrogen-bond donors (Lipinski definition) is 2. The van der Waals surface area contributed by atoms with E-state index >= 15 is 0 Å². The molecule has 106 valence electrons. The first-order chi connectivity index (χ1) is 8.53. The van der Waals surface area contributed by atoms with Crippen molar-refractivity contribution in [2.75, 3.05) is 6.54 Å². The van der Waals surface area contributed by atoms with Crippen LogP contribution in [0.15, 0.2) is 23.1 Å². The fourth-order valence-electron chi connectivity index (χ4n) is 1.08. The smallest absolute Gasteiger partial charge is 0.402 e. The maximum absolute atomic E-state index is 11.9. The van der Waals surface area contributed by atoms with E-state index in [9.17, 15) is 31.7 Å². The summed E-state index contributed by atoms with van der Waals surface area (Å²) in [6.07, 6.45) is -4.75. The summed E-state index contributed by atoms with van der Waals surface area (Å²) < 4.78 is 59.8. The lowest BCUT2D eigenvalue weighted by molar-refractivity contribution is -0.386. The van der Waals surface area contributed by atoms with Gasteiger partial charge in [0.25, 0.3) is 0 Å². The number of sulfonamides is 1. The highest BCUT2D eigenvalue weighted by Crippen LogP contribution is 2.28. The van der Waals surface area contributed by atoms with Gasteiger partial charge in [-0.2, -0.15) is 13.2 Å². The van der Waals surface area contributed by atoms with Crippen LogP contribution in [0.4, 0.5) is 18.9 Å². The molecule has 0 heterocycles. The van der Waals surface area contributed by atoms with Crippen LogP contribution in [0.5, 0.6) is 5.75 Å². The Labute approximate surface area is 104 Å². The molecule has 1 rings (SSSR count). The number of phenolic OH excluding ortho intramolecular Hbond substituents is 1. The van der Waals surface area contributed by atoms with Gasteiger partial charge < -0.3 is 5.11 Å². The summed E-state index contributed by atoms with van der Waals surface area (Å²) in [7, 11) is -4.55. The van der Waals surface area contributed by atoms with Crippen molar-refractivity contribution >= 4 is 15.7 Å². The van der Waals surface area contributed by atoms with E-state index in [4.69, 9.17) is 5.11 Å². The molecule has 0 spiro atoms. The number of nitro benzene ring substituents is 1. The number of nitro groups is 1. The van der Waals surface area contributed by atoms with Crippen LogP contribution in [0.3, 0.4) is 0 Å². The second-order valence-electron chi connectivity index (χ2n) is 3.35. The van der Waals surface area contributed by atoms with Crippen molar-refractivity contribution in [3.8, 4) is 5.75 Å². The predicted molar refractivity (Wildman–Crippen MR) is 56.0 cm³/mol. The lowest BCUT2D eigenvalue weighted by Gasteiger charge is -2.09. The minimum absolute atomic E-state index is 0.466. The van der Waals surface area contributed by atoms with Crippen molar-refractivity contribution in [1.82, 2.24) is 4.72 Å². The van der Waals surface area contributed by atoms with Crippen LogP contribution < -0.4 is 4.72 Å². The average Bonchev–Trinajstić information content (AvgIpc) is 2.25. The number of nitrogens with zero attached hydrogens (tertiary/aromatic N) is 1. The first-order valence-corrected chi connectivity index (χ1v) is 6.05. The number of halogens is 3. The molecule has 1 aromatic rings. The zero-order valence-corrected chi connectivity index (χ0v) is 9.83. The fourth-order valence-corrected chi connectivity index (χ4v) is 2.11. The third-order valence-corrected chi connectivity index (χ3v) is 3.32. The highest BCUT2D eigenvalue weighted by atomic mass is 32.2. The van der Waals surface area contributed by atoms with Gasteiger partial charge in [-0.1, -0.05) is 0 Å². The Hall–Kier alpha value is -1.88. The molecule has 0 saturated heterocycles. The number of phenols is 1. The number of nitrogens with one attached hydrogen (secondary N) is 1. The minimum atomic E-state index is -4.75. The average molecular weight is 300 g/mol. The van der Waals surface area contributed by atoms with E-state index in [1.807, 2.05) is 0 Å². The normalized spacial score (nSPS) is 12.4. The van der Waals surface area contributed by atoms with Gasteiger partial charge in [0.1, 0.15) is 6.54 Å². The summed E-state index contributed by atoms with van der Waals surface area (Å²) in [5.41, 5.74) is -0.921. The number of rotatable bonds is 4. The van der Waals surface area contributed by atoms with Gasteiger partial charge in [-0.3, -0.25) is 10.1 Å². The number of benzene rings is 1. The van der Waals surface area contributed by atoms with Crippen molar-refractivity contribution in [2.24, 2.45) is 0 Å². The van der Waals surface area contributed by atoms with Crippen LogP contribution in [0.1, 0.15) is 0 Å². The molecule has 7 nitrogen and oxygen atoms in total. The van der Waals surface area contributed by atoms with Gasteiger partial charge >= 0.3 is 11.9 Å². The van der Waals surface area contributed by atoms with Crippen LogP contribution in [-0.2, 0) is 10.0 Å². The molecule has 0 fully saturated rings. The van der Waals surface area contributed by atoms with Crippen LogP contribution >= 0.6 is 0 Å². The van der Waals surface area contributed by atoms with E-state index in [2.05, 4.69) is 0 Å². The molecule has 0 atom stereocenters. The van der Waals surface area contributed by atoms with Gasteiger partial charge in [0, 0.05) is 6.07 Å². The molecule has 11 heteroatoms. The second-order valence-corrected chi connectivity index (χ2v) is 5.11. The molecule has 0 aliphatic carbocycles. The standard InChI is InChI=1S/C8H7F3N2O5S/c9-8(10,11)4-12-19(17,18)5-1-2-7(14)6(3-5)13(15)16/h1-3,12,14H,4H2. The van der Waals surface area contributed by atoms with Crippen LogP contribution in [-0.4, -0.2) is 31.2 Å². The molecule has 0 radical (unpaired) electrons. The maximum Gasteiger partial charge on any atom is 0.402 e. The molecule has 0 saturated carbocycles. The zero-order valence-electron chi connectivity index (χ0n) is 9.01. The zero-order chi connectivity index (χ0) is 14.8. The van der Waals surface area contributed by atoms with Crippen LogP contribution in [0, 0.1) is 10.1 Å². The first kappa shape index (κ1) is 15.2. The molecule has 19 heavy (non-hydrogen) atoms. The Morgan fingerprint density at radius 1 is 1.37 bits per heavy atom. The summed E-state index contributed by atoms with van der Waals surface area (Å²) in [6, 6.07) is 1.93. The summed E-state index contributed by atoms with van der Waals surface area (Å²) >= 11 is 0. The summed E-state index contributed by atoms with van der Waals surface area (Å²) in [5.74, 6) is -0.792. The van der Waals surface area contributed by atoms with Gasteiger partial charge in [-0.05, 0) is 12.1 Å². The second kappa shape index (κ2) is 5.01. The van der Waals surface area contributed by atoms with Crippen molar-refractivity contribution in [1.29, 1.82) is 0 Å². The summed E-state index contributed by atoms with van der Waals surface area (Å²) in [6.45, 7) is -1.80. The molecule has 0 aliphatic rings. The van der Waals surface area contributed by atoms with Gasteiger partial charge in [-0.15, -0.1) is 0 Å². The largest absolute Gasteiger partial charge is 0.502 e. The maximum atomic E-state index is 11.9. The topological polar surface area (TPSA) is 110 Å². The van der Waals surface area contributed by atoms with E-state index < -0.39 is 44.0 Å². The Morgan fingerprint density at radius 2 is 1.95 bits per heavy atom. The van der Waals surface area contributed by atoms with Gasteiger partial charge in [-0.25, -0.2) is 13.1 Å². The minimum Gasteiger partial charge on any atom is -0.502 e. The van der Waals surface area contributed by atoms with Gasteiger partial charge in [0.05, 0.1) is 9.82 Å². The first-order valence-electron chi connectivity index (χ1n) is 4.57. The third-order valence-electron chi connectivity index (χ3n) is 1.92. The molecule has 0 aromatic heterocycles. The summed E-state index contributed by atoms with van der Waals surface area (Å²) in [5, 5.41) is 19.6. The van der Waals surface area contributed by atoms with E-state index in [-0.39, 0.29) is 0 Å². The van der Waals surface area contributed by atoms with Crippen molar-refractivity contribution < 1.29 is 31.6 Å². The summed E-state index contributed by atoms with van der Waals surface area (Å²) in [4.78, 5) is 8.66. The molecule has 0 amide bonds. The molecule has 0 bridgehead atoms. The Kier molecular flexibility index (Phi) is 4.00. The fraction of sp³-hybridized carbons (Fsp3) is 0.250. The SMILES string of the molecule is O=[N+]([O-])c1cc(S(=O)(=O)NCC(F)(F)F)ccc1O. The molecular formula is C8H7F3N2O5S. The van der Waals surface area contributed by atoms with Crippen LogP contribution in [0.25, 0.3) is 0 Å². The van der Waals surface area contributed by atoms with Gasteiger partial charge in [0.15, 0.2) is 5.75 Å². The van der Waals surface area contributed by atoms with E-state index in [1.165, 1.54) is 4.72 Å². The monoisotopic (exact) mass is 300 g/mol. The predicted octanol–water partition coefficient (Wildman–Crippen LogP) is 1.14. The van der Waals surface area contributed by atoms with E-state index in [0.717, 1.165) is 6.07 Å². The quantitative estimate of drug-likeness (QED) is 0.640. The van der Waals surface area contributed by atoms with Crippen molar-refractivity contribution in [2.45, 2.75) is 11.1 Å².